The second kappa shape index (κ2) is 2.96. The topological polar surface area (TPSA) is 41.6 Å². The summed E-state index contributed by atoms with van der Waals surface area (Å²) in [4.78, 5) is 13.3. The fourth-order valence-electron chi connectivity index (χ4n) is 2.20. The molecule has 1 amide bonds. The summed E-state index contributed by atoms with van der Waals surface area (Å²) in [5, 5.41) is 3.27. The van der Waals surface area contributed by atoms with E-state index in [9.17, 15) is 4.79 Å². The van der Waals surface area contributed by atoms with E-state index in [4.69, 9.17) is 4.74 Å². The summed E-state index contributed by atoms with van der Waals surface area (Å²) < 4.78 is 5.75. The molecule has 0 aromatic rings. The minimum absolute atomic E-state index is 0.113. The zero-order valence-corrected chi connectivity index (χ0v) is 8.17. The van der Waals surface area contributed by atoms with Crippen LogP contribution in [0, 0.1) is 0 Å². The van der Waals surface area contributed by atoms with Gasteiger partial charge in [0.1, 0.15) is 11.8 Å². The maximum atomic E-state index is 11.6. The second-order valence-electron chi connectivity index (χ2n) is 3.85. The fraction of sp³-hybridized carbons (Fsp3) is 0.889. The molecule has 2 fully saturated rings. The molecular weight excluding hydrogens is 168 g/mol. The highest BCUT2D eigenvalue weighted by molar-refractivity contribution is 5.82. The quantitative estimate of drug-likeness (QED) is 0.573. The van der Waals surface area contributed by atoms with Gasteiger partial charge in [-0.1, -0.05) is 0 Å². The number of rotatable bonds is 0. The van der Waals surface area contributed by atoms with Crippen LogP contribution in [0.3, 0.4) is 0 Å². The summed E-state index contributed by atoms with van der Waals surface area (Å²) in [6.45, 7) is 3.70. The Morgan fingerprint density at radius 1 is 1.54 bits per heavy atom. The molecule has 0 radical (unpaired) electrons. The smallest absolute Gasteiger partial charge is 0.253 e. The zero-order chi connectivity index (χ0) is 9.47. The van der Waals surface area contributed by atoms with E-state index >= 15 is 0 Å². The van der Waals surface area contributed by atoms with Gasteiger partial charge in [0, 0.05) is 19.9 Å². The Morgan fingerprint density at radius 3 is 2.62 bits per heavy atom. The summed E-state index contributed by atoms with van der Waals surface area (Å²) in [6, 6.07) is 0. The van der Waals surface area contributed by atoms with Crippen LogP contribution in [0.2, 0.25) is 0 Å². The lowest BCUT2D eigenvalue weighted by atomic mass is 10.0. The highest BCUT2D eigenvalue weighted by atomic mass is 16.5. The van der Waals surface area contributed by atoms with Gasteiger partial charge < -0.3 is 15.0 Å². The van der Waals surface area contributed by atoms with Crippen LogP contribution < -0.4 is 5.32 Å². The minimum Gasteiger partial charge on any atom is -0.343 e. The normalized spacial score (nSPS) is 32.9. The van der Waals surface area contributed by atoms with Crippen molar-refractivity contribution in [1.82, 2.24) is 10.2 Å². The van der Waals surface area contributed by atoms with Crippen LogP contribution in [-0.4, -0.2) is 42.8 Å². The third-order valence-corrected chi connectivity index (χ3v) is 3.07. The predicted octanol–water partition coefficient (Wildman–Crippen LogP) is -0.0568. The average Bonchev–Trinajstić information content (AvgIpc) is 2.33. The minimum atomic E-state index is -0.304. The van der Waals surface area contributed by atoms with Crippen LogP contribution in [-0.2, 0) is 9.53 Å². The first-order valence-electron chi connectivity index (χ1n) is 4.82. The van der Waals surface area contributed by atoms with Crippen molar-refractivity contribution < 1.29 is 9.53 Å². The van der Waals surface area contributed by atoms with Crippen molar-refractivity contribution in [1.29, 1.82) is 0 Å². The Bertz CT molecular complexity index is 224. The van der Waals surface area contributed by atoms with Crippen LogP contribution in [0.1, 0.15) is 19.8 Å². The molecule has 0 saturated carbocycles. The molecule has 0 aromatic carbocycles. The first-order valence-corrected chi connectivity index (χ1v) is 4.82. The van der Waals surface area contributed by atoms with Crippen LogP contribution in [0.4, 0.5) is 0 Å². The molecule has 74 valence electrons. The number of piperidine rings is 1. The van der Waals surface area contributed by atoms with Crippen molar-refractivity contribution in [2.75, 3.05) is 20.1 Å². The van der Waals surface area contributed by atoms with Gasteiger partial charge >= 0.3 is 0 Å². The van der Waals surface area contributed by atoms with Gasteiger partial charge in [0.15, 0.2) is 0 Å². The molecule has 4 nitrogen and oxygen atoms in total. The van der Waals surface area contributed by atoms with Crippen LogP contribution in [0.5, 0.6) is 0 Å². The third kappa shape index (κ3) is 1.25. The van der Waals surface area contributed by atoms with Crippen molar-refractivity contribution in [2.24, 2.45) is 0 Å². The summed E-state index contributed by atoms with van der Waals surface area (Å²) in [6.07, 6.45) is 1.54. The van der Waals surface area contributed by atoms with E-state index in [2.05, 4.69) is 5.32 Å². The van der Waals surface area contributed by atoms with Gasteiger partial charge in [-0.25, -0.2) is 0 Å². The molecule has 2 saturated heterocycles. The molecule has 0 bridgehead atoms. The highest BCUT2D eigenvalue weighted by Gasteiger charge is 2.48. The molecule has 2 aliphatic rings. The number of likely N-dealkylation sites (N-methyl/N-ethyl adjacent to an activating group) is 1. The first kappa shape index (κ1) is 8.97. The van der Waals surface area contributed by atoms with E-state index in [1.807, 2.05) is 14.0 Å². The molecule has 1 spiro atoms. The summed E-state index contributed by atoms with van der Waals surface area (Å²) >= 11 is 0. The monoisotopic (exact) mass is 184 g/mol. The van der Waals surface area contributed by atoms with Crippen LogP contribution in [0.15, 0.2) is 0 Å². The Balaban J connectivity index is 2.18. The molecular formula is C9H16N2O2. The molecule has 4 heteroatoms. The molecule has 2 rings (SSSR count). The summed E-state index contributed by atoms with van der Waals surface area (Å²) in [5.41, 5.74) is -0.304. The van der Waals surface area contributed by atoms with Gasteiger partial charge in [-0.15, -0.1) is 0 Å². The second-order valence-corrected chi connectivity index (χ2v) is 3.85. The van der Waals surface area contributed by atoms with Gasteiger partial charge in [-0.05, 0) is 20.0 Å². The van der Waals surface area contributed by atoms with E-state index < -0.39 is 0 Å². The highest BCUT2D eigenvalue weighted by Crippen LogP contribution is 2.34. The number of amides is 1. The Kier molecular flexibility index (Phi) is 2.04. The van der Waals surface area contributed by atoms with Gasteiger partial charge in [-0.2, -0.15) is 0 Å². The maximum absolute atomic E-state index is 11.6. The summed E-state index contributed by atoms with van der Waals surface area (Å²) in [5.74, 6) is 0.113. The van der Waals surface area contributed by atoms with Crippen molar-refractivity contribution in [3.63, 3.8) is 0 Å². The lowest BCUT2D eigenvalue weighted by Crippen LogP contribution is -2.51. The zero-order valence-electron chi connectivity index (χ0n) is 8.17. The fourth-order valence-corrected chi connectivity index (χ4v) is 2.20. The number of nitrogens with one attached hydrogen (secondary N) is 1. The van der Waals surface area contributed by atoms with E-state index in [1.54, 1.807) is 4.90 Å². The van der Waals surface area contributed by atoms with E-state index in [-0.39, 0.29) is 17.7 Å². The Hall–Kier alpha value is -0.610. The molecule has 2 aliphatic heterocycles. The first-order chi connectivity index (χ1) is 6.16. The number of hydrogen-bond acceptors (Lipinski definition) is 3. The predicted molar refractivity (Wildman–Crippen MR) is 48.2 cm³/mol. The standard InChI is InChI=1S/C9H16N2O2/c1-7-8(12)11(2)9(13-7)3-5-10-6-4-9/h7,10H,3-6H2,1-2H3. The molecule has 13 heavy (non-hydrogen) atoms. The molecule has 1 unspecified atom stereocenters. The Labute approximate surface area is 78.2 Å². The van der Waals surface area contributed by atoms with Gasteiger partial charge in [0.2, 0.25) is 0 Å². The number of hydrogen-bond donors (Lipinski definition) is 1. The van der Waals surface area contributed by atoms with Gasteiger partial charge in [-0.3, -0.25) is 4.79 Å². The van der Waals surface area contributed by atoms with Crippen molar-refractivity contribution in [3.05, 3.63) is 0 Å². The van der Waals surface area contributed by atoms with Gasteiger partial charge in [0.25, 0.3) is 5.91 Å². The Morgan fingerprint density at radius 2 is 2.15 bits per heavy atom. The summed E-state index contributed by atoms with van der Waals surface area (Å²) in [7, 11) is 1.84. The lowest BCUT2D eigenvalue weighted by Gasteiger charge is -2.38. The van der Waals surface area contributed by atoms with Crippen LogP contribution in [0.25, 0.3) is 0 Å². The molecule has 1 N–H and O–H groups in total. The molecule has 2 heterocycles. The number of carbonyl (C=O) groups excluding carboxylic acids is 1. The van der Waals surface area contributed by atoms with Crippen molar-refractivity contribution >= 4 is 5.91 Å². The lowest BCUT2D eigenvalue weighted by molar-refractivity contribution is -0.132. The van der Waals surface area contributed by atoms with Crippen molar-refractivity contribution in [3.8, 4) is 0 Å². The molecule has 1 atom stereocenters. The largest absolute Gasteiger partial charge is 0.343 e. The van der Waals surface area contributed by atoms with Crippen LogP contribution >= 0.6 is 0 Å². The van der Waals surface area contributed by atoms with Crippen molar-refractivity contribution in [2.45, 2.75) is 31.6 Å². The van der Waals surface area contributed by atoms with Gasteiger partial charge in [0.05, 0.1) is 0 Å². The van der Waals surface area contributed by atoms with E-state index in [0.717, 1.165) is 25.9 Å². The maximum Gasteiger partial charge on any atom is 0.253 e. The van der Waals surface area contributed by atoms with E-state index in [1.165, 1.54) is 0 Å². The SMILES string of the molecule is CC1OC2(CCNCC2)N(C)C1=O. The third-order valence-electron chi connectivity index (χ3n) is 3.07. The number of nitrogens with zero attached hydrogens (tertiary/aromatic N) is 1. The number of carbonyl (C=O) groups is 1. The average molecular weight is 184 g/mol. The number of ether oxygens (including phenoxy) is 1. The van der Waals surface area contributed by atoms with E-state index in [0.29, 0.717) is 0 Å². The molecule has 0 aromatic heterocycles. The molecule has 0 aliphatic carbocycles.